The molecule has 4 N–H and O–H groups in total. The number of benzene rings is 1. The van der Waals surface area contributed by atoms with E-state index >= 15 is 0 Å². The normalized spacial score (nSPS) is 24.2. The van der Waals surface area contributed by atoms with Gasteiger partial charge in [-0.2, -0.15) is 0 Å². The Morgan fingerprint density at radius 3 is 2.50 bits per heavy atom. The molecule has 24 heavy (non-hydrogen) atoms. The fraction of sp³-hybridized carbons (Fsp3) is 0.611. The van der Waals surface area contributed by atoms with Gasteiger partial charge in [0.2, 0.25) is 0 Å². The van der Waals surface area contributed by atoms with Crippen LogP contribution in [0.25, 0.3) is 0 Å². The second kappa shape index (κ2) is 8.35. The Morgan fingerprint density at radius 1 is 1.21 bits per heavy atom. The van der Waals surface area contributed by atoms with Crippen molar-refractivity contribution in [3.8, 4) is 5.75 Å². The van der Waals surface area contributed by atoms with Crippen LogP contribution in [0.5, 0.6) is 5.75 Å². The largest absolute Gasteiger partial charge is 0.507 e. The number of carbonyl (C=O) groups excluding carboxylic acids is 1. The maximum Gasteiger partial charge on any atom is 0.255 e. The van der Waals surface area contributed by atoms with E-state index < -0.39 is 24.2 Å². The molecule has 0 aromatic heterocycles. The number of aliphatic hydroxyl groups is 2. The Balaban J connectivity index is 2.12. The zero-order valence-electron chi connectivity index (χ0n) is 14.4. The minimum atomic E-state index is -0.978. The zero-order valence-corrected chi connectivity index (χ0v) is 14.4. The van der Waals surface area contributed by atoms with Crippen LogP contribution in [0.3, 0.4) is 0 Å². The van der Waals surface area contributed by atoms with Crippen molar-refractivity contribution in [1.82, 2.24) is 5.32 Å². The number of amides is 1. The minimum absolute atomic E-state index is 0.0828. The van der Waals surface area contributed by atoms with Crippen molar-refractivity contribution in [2.75, 3.05) is 18.0 Å². The zero-order chi connectivity index (χ0) is 17.7. The van der Waals surface area contributed by atoms with Crippen LogP contribution >= 0.6 is 0 Å². The summed E-state index contributed by atoms with van der Waals surface area (Å²) in [5.41, 5.74) is 1.04. The molecular formula is C18H28N2O4. The van der Waals surface area contributed by atoms with Crippen molar-refractivity contribution in [2.24, 2.45) is 0 Å². The summed E-state index contributed by atoms with van der Waals surface area (Å²) in [6, 6.07) is 4.48. The summed E-state index contributed by atoms with van der Waals surface area (Å²) < 4.78 is 0. The molecule has 3 atom stereocenters. The van der Waals surface area contributed by atoms with Gasteiger partial charge in [-0.1, -0.05) is 12.8 Å². The lowest BCUT2D eigenvalue weighted by Gasteiger charge is -2.25. The number of phenols is 1. The van der Waals surface area contributed by atoms with E-state index in [1.54, 1.807) is 18.2 Å². The van der Waals surface area contributed by atoms with Gasteiger partial charge < -0.3 is 25.5 Å². The molecule has 0 unspecified atom stereocenters. The monoisotopic (exact) mass is 336 g/mol. The molecule has 6 nitrogen and oxygen atoms in total. The van der Waals surface area contributed by atoms with E-state index in [9.17, 15) is 20.1 Å². The standard InChI is InChI=1S/C18H28N2O4/c1-3-20(4-2)12-9-10-13(16(22)11-12)18(24)19-14-7-5-6-8-15(21)17(14)23/h9-11,14-15,17,21-23H,3-8H2,1-2H3,(H,19,24)/t14-,15-,17-/m1/s1. The summed E-state index contributed by atoms with van der Waals surface area (Å²) in [4.78, 5) is 14.5. The second-order valence-electron chi connectivity index (χ2n) is 6.30. The molecule has 1 aliphatic rings. The van der Waals surface area contributed by atoms with Gasteiger partial charge in [-0.15, -0.1) is 0 Å². The minimum Gasteiger partial charge on any atom is -0.507 e. The van der Waals surface area contributed by atoms with Gasteiger partial charge in [-0.3, -0.25) is 4.79 Å². The molecule has 0 spiro atoms. The van der Waals surface area contributed by atoms with Crippen molar-refractivity contribution < 1.29 is 20.1 Å². The Labute approximate surface area is 143 Å². The van der Waals surface area contributed by atoms with Crippen LogP contribution < -0.4 is 10.2 Å². The average Bonchev–Trinajstić information content (AvgIpc) is 2.71. The number of aromatic hydroxyl groups is 1. The fourth-order valence-corrected chi connectivity index (χ4v) is 3.23. The summed E-state index contributed by atoms with van der Waals surface area (Å²) >= 11 is 0. The molecule has 6 heteroatoms. The van der Waals surface area contributed by atoms with Crippen LogP contribution in [0, 0.1) is 0 Å². The Bertz CT molecular complexity index is 560. The Hall–Kier alpha value is -1.79. The van der Waals surface area contributed by atoms with Crippen LogP contribution in [0.1, 0.15) is 49.9 Å². The van der Waals surface area contributed by atoms with E-state index in [4.69, 9.17) is 0 Å². The topological polar surface area (TPSA) is 93.0 Å². The summed E-state index contributed by atoms with van der Waals surface area (Å²) in [5, 5.41) is 32.9. The van der Waals surface area contributed by atoms with Gasteiger partial charge in [0, 0.05) is 24.8 Å². The first-order chi connectivity index (χ1) is 11.5. The van der Waals surface area contributed by atoms with Crippen LogP contribution in [0.2, 0.25) is 0 Å². The Morgan fingerprint density at radius 2 is 1.88 bits per heavy atom. The third-order valence-electron chi connectivity index (χ3n) is 4.74. The highest BCUT2D eigenvalue weighted by atomic mass is 16.3. The molecule has 1 fully saturated rings. The highest BCUT2D eigenvalue weighted by molar-refractivity contribution is 5.97. The SMILES string of the molecule is CCN(CC)c1ccc(C(=O)N[C@@H]2CCCC[C@@H](O)[C@@H]2O)c(O)c1. The number of nitrogens with zero attached hydrogens (tertiary/aromatic N) is 1. The van der Waals surface area contributed by atoms with Crippen LogP contribution in [0.4, 0.5) is 5.69 Å². The van der Waals surface area contributed by atoms with Crippen molar-refractivity contribution in [2.45, 2.75) is 57.8 Å². The third-order valence-corrected chi connectivity index (χ3v) is 4.74. The predicted octanol–water partition coefficient (Wildman–Crippen LogP) is 1.63. The molecule has 1 aromatic carbocycles. The molecule has 1 aliphatic carbocycles. The third kappa shape index (κ3) is 4.19. The van der Waals surface area contributed by atoms with Crippen LogP contribution in [-0.2, 0) is 0 Å². The number of hydrogen-bond donors (Lipinski definition) is 4. The molecule has 134 valence electrons. The van der Waals surface area contributed by atoms with E-state index in [0.29, 0.717) is 12.8 Å². The number of phenolic OH excluding ortho intramolecular Hbond substituents is 1. The summed E-state index contributed by atoms with van der Waals surface area (Å²) in [7, 11) is 0. The lowest BCUT2D eigenvalue weighted by Crippen LogP contribution is -2.47. The quantitative estimate of drug-likeness (QED) is 0.613. The first kappa shape index (κ1) is 18.5. The predicted molar refractivity (Wildman–Crippen MR) is 93.4 cm³/mol. The number of nitrogens with one attached hydrogen (secondary N) is 1. The van der Waals surface area contributed by atoms with E-state index in [1.807, 2.05) is 13.8 Å². The highest BCUT2D eigenvalue weighted by Crippen LogP contribution is 2.25. The van der Waals surface area contributed by atoms with Gasteiger partial charge in [0.15, 0.2) is 0 Å². The average molecular weight is 336 g/mol. The lowest BCUT2D eigenvalue weighted by atomic mass is 10.0. The van der Waals surface area contributed by atoms with E-state index in [2.05, 4.69) is 10.2 Å². The number of hydrogen-bond acceptors (Lipinski definition) is 5. The molecular weight excluding hydrogens is 308 g/mol. The number of carbonyl (C=O) groups is 1. The summed E-state index contributed by atoms with van der Waals surface area (Å²) in [5.74, 6) is -0.516. The molecule has 0 saturated heterocycles. The second-order valence-corrected chi connectivity index (χ2v) is 6.30. The molecule has 1 saturated carbocycles. The van der Waals surface area contributed by atoms with Gasteiger partial charge in [-0.25, -0.2) is 0 Å². The van der Waals surface area contributed by atoms with Crippen molar-refractivity contribution in [3.63, 3.8) is 0 Å². The van der Waals surface area contributed by atoms with Gasteiger partial charge in [0.25, 0.3) is 5.91 Å². The van der Waals surface area contributed by atoms with Crippen LogP contribution in [-0.4, -0.2) is 52.6 Å². The molecule has 2 rings (SSSR count). The van der Waals surface area contributed by atoms with E-state index in [0.717, 1.165) is 31.6 Å². The molecule has 0 heterocycles. The van der Waals surface area contributed by atoms with Crippen molar-refractivity contribution >= 4 is 11.6 Å². The summed E-state index contributed by atoms with van der Waals surface area (Å²) in [6.45, 7) is 5.68. The molecule has 1 aromatic rings. The lowest BCUT2D eigenvalue weighted by molar-refractivity contribution is -0.00126. The van der Waals surface area contributed by atoms with Gasteiger partial charge in [0.1, 0.15) is 5.75 Å². The maximum absolute atomic E-state index is 12.4. The van der Waals surface area contributed by atoms with Gasteiger partial charge in [-0.05, 0) is 38.8 Å². The highest BCUT2D eigenvalue weighted by Gasteiger charge is 2.30. The molecule has 0 bridgehead atoms. The Kier molecular flexibility index (Phi) is 6.45. The maximum atomic E-state index is 12.4. The number of anilines is 1. The summed E-state index contributed by atoms with van der Waals surface area (Å²) in [6.07, 6.45) is 1.02. The number of aliphatic hydroxyl groups excluding tert-OH is 2. The van der Waals surface area contributed by atoms with Crippen molar-refractivity contribution in [3.05, 3.63) is 23.8 Å². The molecule has 1 amide bonds. The smallest absolute Gasteiger partial charge is 0.255 e. The van der Waals surface area contributed by atoms with Crippen molar-refractivity contribution in [1.29, 1.82) is 0 Å². The van der Waals surface area contributed by atoms with Gasteiger partial charge >= 0.3 is 0 Å². The number of rotatable bonds is 5. The first-order valence-electron chi connectivity index (χ1n) is 8.72. The van der Waals surface area contributed by atoms with E-state index in [1.165, 1.54) is 0 Å². The molecule has 0 radical (unpaired) electrons. The first-order valence-corrected chi connectivity index (χ1v) is 8.72. The van der Waals surface area contributed by atoms with Crippen LogP contribution in [0.15, 0.2) is 18.2 Å². The molecule has 0 aliphatic heterocycles. The van der Waals surface area contributed by atoms with E-state index in [-0.39, 0.29) is 11.3 Å². The van der Waals surface area contributed by atoms with Gasteiger partial charge in [0.05, 0.1) is 23.8 Å². The fourth-order valence-electron chi connectivity index (χ4n) is 3.23.